The molecule has 0 saturated carbocycles. The Morgan fingerprint density at radius 3 is 2.84 bits per heavy atom. The third-order valence-electron chi connectivity index (χ3n) is 3.74. The zero-order valence-electron chi connectivity index (χ0n) is 11.3. The van der Waals surface area contributed by atoms with Crippen molar-refractivity contribution in [2.45, 2.75) is 25.4 Å². The first-order valence-corrected chi connectivity index (χ1v) is 6.75. The van der Waals surface area contributed by atoms with Crippen molar-refractivity contribution in [2.75, 3.05) is 25.1 Å². The van der Waals surface area contributed by atoms with Crippen LogP contribution in [0, 0.1) is 5.82 Å². The van der Waals surface area contributed by atoms with Gasteiger partial charge >= 0.3 is 0 Å². The van der Waals surface area contributed by atoms with Crippen LogP contribution in [0.5, 0.6) is 0 Å². The number of methoxy groups -OCH3 is 1. The van der Waals surface area contributed by atoms with E-state index in [-0.39, 0.29) is 16.4 Å². The van der Waals surface area contributed by atoms with Crippen LogP contribution < -0.4 is 10.6 Å². The maximum atomic E-state index is 13.9. The summed E-state index contributed by atoms with van der Waals surface area (Å²) in [7, 11) is 1.72. The molecule has 0 spiro atoms. The minimum absolute atomic E-state index is 0.0874. The van der Waals surface area contributed by atoms with E-state index in [4.69, 9.17) is 22.7 Å². The summed E-state index contributed by atoms with van der Waals surface area (Å²) >= 11 is 4.81. The molecule has 1 aliphatic rings. The molecule has 1 atom stereocenters. The molecule has 5 heteroatoms. The highest BCUT2D eigenvalue weighted by molar-refractivity contribution is 7.80. The second-order valence-electron chi connectivity index (χ2n) is 5.21. The van der Waals surface area contributed by atoms with Crippen LogP contribution >= 0.6 is 12.2 Å². The van der Waals surface area contributed by atoms with Gasteiger partial charge in [0.1, 0.15) is 10.8 Å². The van der Waals surface area contributed by atoms with Gasteiger partial charge in [0.05, 0.1) is 5.60 Å². The Kier molecular flexibility index (Phi) is 4.06. The molecule has 0 radical (unpaired) electrons. The minimum Gasteiger partial charge on any atom is -0.389 e. The van der Waals surface area contributed by atoms with Gasteiger partial charge in [-0.1, -0.05) is 12.2 Å². The predicted molar refractivity (Wildman–Crippen MR) is 79.1 cm³/mol. The molecule has 1 unspecified atom stereocenters. The minimum atomic E-state index is -0.366. The van der Waals surface area contributed by atoms with Crippen molar-refractivity contribution in [3.8, 4) is 0 Å². The Hall–Kier alpha value is -1.20. The first kappa shape index (κ1) is 14.2. The lowest BCUT2D eigenvalue weighted by molar-refractivity contribution is -0.00466. The predicted octanol–water partition coefficient (Wildman–Crippen LogP) is 2.47. The summed E-state index contributed by atoms with van der Waals surface area (Å²) in [5, 5.41) is 0. The van der Waals surface area contributed by atoms with Crippen molar-refractivity contribution in [3.63, 3.8) is 0 Å². The first-order valence-electron chi connectivity index (χ1n) is 6.35. The Labute approximate surface area is 118 Å². The molecule has 3 nitrogen and oxygen atoms in total. The zero-order valence-corrected chi connectivity index (χ0v) is 12.1. The van der Waals surface area contributed by atoms with Gasteiger partial charge in [0.2, 0.25) is 0 Å². The number of hydrogen-bond acceptors (Lipinski definition) is 3. The third-order valence-corrected chi connectivity index (χ3v) is 3.95. The van der Waals surface area contributed by atoms with Crippen LogP contribution in [0.2, 0.25) is 0 Å². The number of ether oxygens (including phenoxy) is 1. The molecule has 1 fully saturated rings. The normalized spacial score (nSPS) is 23.4. The van der Waals surface area contributed by atoms with Crippen molar-refractivity contribution < 1.29 is 9.13 Å². The number of nitrogens with two attached hydrogens (primary N) is 1. The second-order valence-corrected chi connectivity index (χ2v) is 5.65. The van der Waals surface area contributed by atoms with E-state index >= 15 is 0 Å². The smallest absolute Gasteiger partial charge is 0.135 e. The lowest BCUT2D eigenvalue weighted by atomic mass is 9.94. The van der Waals surface area contributed by atoms with Gasteiger partial charge < -0.3 is 15.4 Å². The van der Waals surface area contributed by atoms with Gasteiger partial charge in [0, 0.05) is 31.5 Å². The summed E-state index contributed by atoms with van der Waals surface area (Å²) in [5.74, 6) is -0.366. The molecule has 104 valence electrons. The van der Waals surface area contributed by atoms with Crippen molar-refractivity contribution in [1.29, 1.82) is 0 Å². The van der Waals surface area contributed by atoms with E-state index in [0.717, 1.165) is 31.6 Å². The maximum absolute atomic E-state index is 13.9. The van der Waals surface area contributed by atoms with E-state index < -0.39 is 0 Å². The summed E-state index contributed by atoms with van der Waals surface area (Å²) in [6.07, 6.45) is 2.05. The van der Waals surface area contributed by atoms with Gasteiger partial charge in [0.25, 0.3) is 0 Å². The molecule has 2 N–H and O–H groups in total. The monoisotopic (exact) mass is 282 g/mol. The topological polar surface area (TPSA) is 38.5 Å². The largest absolute Gasteiger partial charge is 0.389 e. The van der Waals surface area contributed by atoms with Gasteiger partial charge in [-0.2, -0.15) is 0 Å². The number of rotatable bonds is 3. The quantitative estimate of drug-likeness (QED) is 0.864. The van der Waals surface area contributed by atoms with Crippen molar-refractivity contribution >= 4 is 22.9 Å². The summed E-state index contributed by atoms with van der Waals surface area (Å²) in [4.78, 5) is 2.23. The fraction of sp³-hybridized carbons (Fsp3) is 0.500. The first-order chi connectivity index (χ1) is 8.95. The average molecular weight is 282 g/mol. The number of nitrogens with zero attached hydrogens (tertiary/aromatic N) is 1. The summed E-state index contributed by atoms with van der Waals surface area (Å²) < 4.78 is 19.5. The summed E-state index contributed by atoms with van der Waals surface area (Å²) in [6.45, 7) is 3.75. The summed E-state index contributed by atoms with van der Waals surface area (Å²) in [5.41, 5.74) is 6.44. The number of halogens is 1. The summed E-state index contributed by atoms with van der Waals surface area (Å²) in [6, 6.07) is 5.00. The highest BCUT2D eigenvalue weighted by Gasteiger charge is 2.31. The van der Waals surface area contributed by atoms with Gasteiger partial charge in [-0.15, -0.1) is 0 Å². The molecular weight excluding hydrogens is 263 g/mol. The van der Waals surface area contributed by atoms with Gasteiger partial charge in [-0.05, 0) is 38.0 Å². The Balaban J connectivity index is 2.23. The molecule has 1 aliphatic heterocycles. The lowest BCUT2D eigenvalue weighted by Crippen LogP contribution is -2.47. The molecule has 0 amide bonds. The number of piperidine rings is 1. The van der Waals surface area contributed by atoms with Crippen molar-refractivity contribution in [2.24, 2.45) is 5.73 Å². The maximum Gasteiger partial charge on any atom is 0.135 e. The van der Waals surface area contributed by atoms with Crippen LogP contribution in [0.1, 0.15) is 25.3 Å². The number of hydrogen-bond donors (Lipinski definition) is 1. The fourth-order valence-corrected chi connectivity index (χ4v) is 2.66. The van der Waals surface area contributed by atoms with E-state index in [9.17, 15) is 4.39 Å². The van der Waals surface area contributed by atoms with Gasteiger partial charge in [-0.25, -0.2) is 4.39 Å². The van der Waals surface area contributed by atoms with Crippen LogP contribution in [0.4, 0.5) is 10.1 Å². The molecule has 2 rings (SSSR count). The third kappa shape index (κ3) is 3.04. The molecule has 1 aromatic rings. The number of anilines is 1. The average Bonchev–Trinajstić information content (AvgIpc) is 2.38. The second kappa shape index (κ2) is 5.43. The van der Waals surface area contributed by atoms with Crippen LogP contribution in [0.3, 0.4) is 0 Å². The van der Waals surface area contributed by atoms with E-state index in [0.29, 0.717) is 5.56 Å². The Morgan fingerprint density at radius 1 is 1.53 bits per heavy atom. The highest BCUT2D eigenvalue weighted by Crippen LogP contribution is 2.28. The van der Waals surface area contributed by atoms with E-state index in [1.165, 1.54) is 6.07 Å². The standard InChI is InChI=1S/C14H19FN2OS/c1-14(18-2)6-3-7-17(9-14)10-4-5-11(13(16)19)12(15)8-10/h4-5,8H,3,6-7,9H2,1-2H3,(H2,16,19). The zero-order chi connectivity index (χ0) is 14.0. The highest BCUT2D eigenvalue weighted by atomic mass is 32.1. The van der Waals surface area contributed by atoms with Crippen molar-refractivity contribution in [1.82, 2.24) is 0 Å². The fourth-order valence-electron chi connectivity index (χ4n) is 2.49. The SMILES string of the molecule is COC1(C)CCCN(c2ccc(C(N)=S)c(F)c2)C1. The van der Waals surface area contributed by atoms with Crippen LogP contribution in [-0.4, -0.2) is 30.8 Å². The molecule has 0 aliphatic carbocycles. The Morgan fingerprint density at radius 2 is 2.26 bits per heavy atom. The molecule has 19 heavy (non-hydrogen) atoms. The lowest BCUT2D eigenvalue weighted by Gasteiger charge is -2.40. The number of benzene rings is 1. The van der Waals surface area contributed by atoms with Gasteiger partial charge in [-0.3, -0.25) is 0 Å². The van der Waals surface area contributed by atoms with Crippen molar-refractivity contribution in [3.05, 3.63) is 29.6 Å². The van der Waals surface area contributed by atoms with Crippen LogP contribution in [0.25, 0.3) is 0 Å². The molecule has 0 aromatic heterocycles. The van der Waals surface area contributed by atoms with E-state index in [1.54, 1.807) is 13.2 Å². The van der Waals surface area contributed by atoms with Crippen LogP contribution in [-0.2, 0) is 4.74 Å². The number of thiocarbonyl (C=S) groups is 1. The van der Waals surface area contributed by atoms with E-state index in [2.05, 4.69) is 11.8 Å². The molecule has 1 heterocycles. The van der Waals surface area contributed by atoms with Gasteiger partial charge in [0.15, 0.2) is 0 Å². The molecule has 0 bridgehead atoms. The molecular formula is C14H19FN2OS. The van der Waals surface area contributed by atoms with Crippen LogP contribution in [0.15, 0.2) is 18.2 Å². The molecule has 1 aromatic carbocycles. The Bertz CT molecular complexity index is 494. The molecule has 1 saturated heterocycles. The van der Waals surface area contributed by atoms with E-state index in [1.807, 2.05) is 6.07 Å².